The Hall–Kier alpha value is -1.69. The molecular formula is C11H16N4O2. The highest BCUT2D eigenvalue weighted by Gasteiger charge is 2.13. The van der Waals surface area contributed by atoms with E-state index in [0.29, 0.717) is 12.4 Å². The average molecular weight is 236 g/mol. The molecule has 0 radical (unpaired) electrons. The van der Waals surface area contributed by atoms with Crippen LogP contribution in [0.1, 0.15) is 12.1 Å². The number of rotatable bonds is 4. The lowest BCUT2D eigenvalue weighted by Crippen LogP contribution is -2.44. The molecule has 1 aliphatic heterocycles. The van der Waals surface area contributed by atoms with Gasteiger partial charge < -0.3 is 15.3 Å². The quantitative estimate of drug-likeness (QED) is 0.760. The van der Waals surface area contributed by atoms with Crippen molar-refractivity contribution in [1.82, 2.24) is 15.3 Å². The van der Waals surface area contributed by atoms with Gasteiger partial charge in [0.2, 0.25) is 5.95 Å². The summed E-state index contributed by atoms with van der Waals surface area (Å²) in [5, 5.41) is 11.9. The first-order chi connectivity index (χ1) is 8.25. The molecule has 0 unspecified atom stereocenters. The monoisotopic (exact) mass is 236 g/mol. The number of aryl methyl sites for hydroxylation is 1. The van der Waals surface area contributed by atoms with Gasteiger partial charge in [-0.2, -0.15) is 0 Å². The van der Waals surface area contributed by atoms with E-state index in [1.165, 1.54) is 0 Å². The molecule has 2 rings (SSSR count). The smallest absolute Gasteiger partial charge is 0.303 e. The third-order valence-corrected chi connectivity index (χ3v) is 2.70. The van der Waals surface area contributed by atoms with Crippen molar-refractivity contribution in [1.29, 1.82) is 0 Å². The molecule has 1 saturated heterocycles. The van der Waals surface area contributed by atoms with Crippen LogP contribution in [0.3, 0.4) is 0 Å². The summed E-state index contributed by atoms with van der Waals surface area (Å²) in [6.07, 6.45) is 2.26. The van der Waals surface area contributed by atoms with Crippen molar-refractivity contribution in [3.63, 3.8) is 0 Å². The molecule has 6 nitrogen and oxygen atoms in total. The zero-order chi connectivity index (χ0) is 12.1. The second-order valence-corrected chi connectivity index (χ2v) is 3.98. The maximum Gasteiger partial charge on any atom is 0.303 e. The van der Waals surface area contributed by atoms with Crippen molar-refractivity contribution in [2.45, 2.75) is 12.8 Å². The Morgan fingerprint density at radius 2 is 2.24 bits per heavy atom. The van der Waals surface area contributed by atoms with Crippen LogP contribution in [0.2, 0.25) is 0 Å². The minimum Gasteiger partial charge on any atom is -0.481 e. The molecule has 92 valence electrons. The van der Waals surface area contributed by atoms with Gasteiger partial charge in [0, 0.05) is 44.5 Å². The number of hydrogen-bond acceptors (Lipinski definition) is 5. The largest absolute Gasteiger partial charge is 0.481 e. The molecule has 0 aliphatic carbocycles. The molecule has 0 bridgehead atoms. The average Bonchev–Trinajstić information content (AvgIpc) is 2.38. The summed E-state index contributed by atoms with van der Waals surface area (Å²) < 4.78 is 0. The van der Waals surface area contributed by atoms with Gasteiger partial charge in [0.05, 0.1) is 6.42 Å². The Bertz CT molecular complexity index is 391. The molecule has 2 N–H and O–H groups in total. The van der Waals surface area contributed by atoms with Gasteiger partial charge in [0.1, 0.15) is 0 Å². The summed E-state index contributed by atoms with van der Waals surface area (Å²) in [4.78, 5) is 21.2. The van der Waals surface area contributed by atoms with E-state index in [1.54, 1.807) is 12.3 Å². The highest BCUT2D eigenvalue weighted by atomic mass is 16.4. The SMILES string of the molecule is O=C(O)CCc1ccnc(N2CCNCC2)n1. The van der Waals surface area contributed by atoms with E-state index in [2.05, 4.69) is 20.2 Å². The molecule has 0 aromatic carbocycles. The molecule has 0 spiro atoms. The Balaban J connectivity index is 2.02. The lowest BCUT2D eigenvalue weighted by molar-refractivity contribution is -0.136. The second kappa shape index (κ2) is 5.58. The Kier molecular flexibility index (Phi) is 3.87. The predicted octanol–water partition coefficient (Wildman–Crippen LogP) is -0.0966. The number of carboxylic acid groups (broad SMARTS) is 1. The number of aliphatic carboxylic acids is 1. The number of carboxylic acids is 1. The first kappa shape index (κ1) is 11.8. The Morgan fingerprint density at radius 3 is 2.94 bits per heavy atom. The summed E-state index contributed by atoms with van der Waals surface area (Å²) in [5.41, 5.74) is 0.788. The highest BCUT2D eigenvalue weighted by Crippen LogP contribution is 2.09. The summed E-state index contributed by atoms with van der Waals surface area (Å²) in [6, 6.07) is 1.77. The van der Waals surface area contributed by atoms with E-state index in [9.17, 15) is 4.79 Å². The van der Waals surface area contributed by atoms with Crippen LogP contribution in [0.15, 0.2) is 12.3 Å². The van der Waals surface area contributed by atoms with Crippen LogP contribution in [0.5, 0.6) is 0 Å². The first-order valence-electron chi connectivity index (χ1n) is 5.75. The van der Waals surface area contributed by atoms with E-state index in [-0.39, 0.29) is 6.42 Å². The Labute approximate surface area is 99.7 Å². The second-order valence-electron chi connectivity index (χ2n) is 3.98. The van der Waals surface area contributed by atoms with Crippen LogP contribution < -0.4 is 10.2 Å². The van der Waals surface area contributed by atoms with E-state index >= 15 is 0 Å². The number of piperazine rings is 1. The van der Waals surface area contributed by atoms with Crippen molar-refractivity contribution in [2.24, 2.45) is 0 Å². The van der Waals surface area contributed by atoms with Gasteiger partial charge in [-0.25, -0.2) is 9.97 Å². The number of aromatic nitrogens is 2. The lowest BCUT2D eigenvalue weighted by atomic mass is 10.2. The summed E-state index contributed by atoms with van der Waals surface area (Å²) in [5.74, 6) is -0.0956. The van der Waals surface area contributed by atoms with Gasteiger partial charge in [-0.05, 0) is 6.07 Å². The lowest BCUT2D eigenvalue weighted by Gasteiger charge is -2.27. The predicted molar refractivity (Wildman–Crippen MR) is 63.1 cm³/mol. The van der Waals surface area contributed by atoms with Crippen LogP contribution in [-0.2, 0) is 11.2 Å². The van der Waals surface area contributed by atoms with Crippen LogP contribution in [0, 0.1) is 0 Å². The number of nitrogens with zero attached hydrogens (tertiary/aromatic N) is 3. The van der Waals surface area contributed by atoms with E-state index in [0.717, 1.165) is 31.9 Å². The van der Waals surface area contributed by atoms with Gasteiger partial charge in [-0.15, -0.1) is 0 Å². The number of nitrogens with one attached hydrogen (secondary N) is 1. The fourth-order valence-corrected chi connectivity index (χ4v) is 1.78. The highest BCUT2D eigenvalue weighted by molar-refractivity contribution is 5.66. The van der Waals surface area contributed by atoms with Gasteiger partial charge in [0.15, 0.2) is 0 Å². The first-order valence-corrected chi connectivity index (χ1v) is 5.75. The minimum atomic E-state index is -0.799. The summed E-state index contributed by atoms with van der Waals surface area (Å²) >= 11 is 0. The summed E-state index contributed by atoms with van der Waals surface area (Å²) in [6.45, 7) is 3.65. The normalized spacial score (nSPS) is 15.9. The molecule has 1 aromatic heterocycles. The van der Waals surface area contributed by atoms with Crippen LogP contribution in [0.25, 0.3) is 0 Å². The number of anilines is 1. The van der Waals surface area contributed by atoms with E-state index in [4.69, 9.17) is 5.11 Å². The maximum atomic E-state index is 10.5. The molecule has 2 heterocycles. The molecule has 17 heavy (non-hydrogen) atoms. The van der Waals surface area contributed by atoms with Gasteiger partial charge >= 0.3 is 5.97 Å². The van der Waals surface area contributed by atoms with Gasteiger partial charge in [-0.3, -0.25) is 4.79 Å². The molecular weight excluding hydrogens is 220 g/mol. The third-order valence-electron chi connectivity index (χ3n) is 2.70. The molecule has 6 heteroatoms. The van der Waals surface area contributed by atoms with Crippen LogP contribution in [0.4, 0.5) is 5.95 Å². The van der Waals surface area contributed by atoms with Gasteiger partial charge in [0.25, 0.3) is 0 Å². The van der Waals surface area contributed by atoms with Crippen molar-refractivity contribution in [3.05, 3.63) is 18.0 Å². The molecule has 1 fully saturated rings. The van der Waals surface area contributed by atoms with Crippen molar-refractivity contribution < 1.29 is 9.90 Å². The summed E-state index contributed by atoms with van der Waals surface area (Å²) in [7, 11) is 0. The third kappa shape index (κ3) is 3.39. The maximum absolute atomic E-state index is 10.5. The van der Waals surface area contributed by atoms with Crippen molar-refractivity contribution in [3.8, 4) is 0 Å². The molecule has 1 aromatic rings. The Morgan fingerprint density at radius 1 is 1.47 bits per heavy atom. The fourth-order valence-electron chi connectivity index (χ4n) is 1.78. The molecule has 0 amide bonds. The van der Waals surface area contributed by atoms with Crippen LogP contribution in [-0.4, -0.2) is 47.2 Å². The van der Waals surface area contributed by atoms with Gasteiger partial charge in [-0.1, -0.05) is 0 Å². The van der Waals surface area contributed by atoms with Crippen molar-refractivity contribution in [2.75, 3.05) is 31.1 Å². The topological polar surface area (TPSA) is 78.3 Å². The van der Waals surface area contributed by atoms with E-state index in [1.807, 2.05) is 0 Å². The molecule has 0 saturated carbocycles. The van der Waals surface area contributed by atoms with Crippen LogP contribution >= 0.6 is 0 Å². The molecule has 1 aliphatic rings. The number of hydrogen-bond donors (Lipinski definition) is 2. The van der Waals surface area contributed by atoms with E-state index < -0.39 is 5.97 Å². The zero-order valence-electron chi connectivity index (χ0n) is 9.59. The zero-order valence-corrected chi connectivity index (χ0v) is 9.59. The number of carbonyl (C=O) groups is 1. The standard InChI is InChI=1S/C11H16N4O2/c16-10(17)2-1-9-3-4-13-11(14-9)15-7-5-12-6-8-15/h3-4,12H,1-2,5-8H2,(H,16,17). The molecule has 0 atom stereocenters. The fraction of sp³-hybridized carbons (Fsp3) is 0.545. The minimum absolute atomic E-state index is 0.109. The van der Waals surface area contributed by atoms with Crippen molar-refractivity contribution >= 4 is 11.9 Å².